The molecule has 1 aliphatic heterocycles. The molecule has 0 bridgehead atoms. The average Bonchev–Trinajstić information content (AvgIpc) is 3.55. The van der Waals surface area contributed by atoms with Crippen LogP contribution in [0.2, 0.25) is 0 Å². The molecule has 0 unspecified atom stereocenters. The predicted molar refractivity (Wildman–Crippen MR) is 123 cm³/mol. The molecule has 0 radical (unpaired) electrons. The first-order chi connectivity index (χ1) is 16.0. The molecular formula is C24H26FN7O. The molecule has 0 aromatic carbocycles. The van der Waals surface area contributed by atoms with E-state index in [-0.39, 0.29) is 12.2 Å². The minimum atomic E-state index is -0.558. The molecule has 2 aliphatic rings. The van der Waals surface area contributed by atoms with Gasteiger partial charge in [0.15, 0.2) is 11.6 Å². The molecule has 2 N–H and O–H groups in total. The summed E-state index contributed by atoms with van der Waals surface area (Å²) >= 11 is 0. The SMILES string of the molecule is CC(C)c1cc(Nc2nc(N3CC=C[C@H]3C(=O)Cc3ccc(F)nc3)nc3c2CCC3)n[nH]1. The van der Waals surface area contributed by atoms with E-state index in [0.29, 0.717) is 29.8 Å². The van der Waals surface area contributed by atoms with Gasteiger partial charge in [-0.1, -0.05) is 32.1 Å². The third-order valence-electron chi connectivity index (χ3n) is 6.10. The minimum absolute atomic E-state index is 0.00959. The number of rotatable bonds is 7. The number of fused-ring (bicyclic) bond motifs is 1. The summed E-state index contributed by atoms with van der Waals surface area (Å²) in [4.78, 5) is 28.3. The lowest BCUT2D eigenvalue weighted by Gasteiger charge is -2.25. The number of halogens is 1. The van der Waals surface area contributed by atoms with Gasteiger partial charge in [0, 0.05) is 36.5 Å². The van der Waals surface area contributed by atoms with Crippen molar-refractivity contribution >= 4 is 23.4 Å². The number of aromatic nitrogens is 5. The lowest BCUT2D eigenvalue weighted by Crippen LogP contribution is -2.38. The molecule has 0 saturated carbocycles. The van der Waals surface area contributed by atoms with Gasteiger partial charge in [-0.2, -0.15) is 14.5 Å². The number of Topliss-reactive ketones (excluding diaryl/α,β-unsaturated/α-hetero) is 1. The van der Waals surface area contributed by atoms with E-state index in [0.717, 1.165) is 42.0 Å². The Morgan fingerprint density at radius 1 is 1.30 bits per heavy atom. The Kier molecular flexibility index (Phi) is 5.62. The molecule has 8 nitrogen and oxygen atoms in total. The van der Waals surface area contributed by atoms with Gasteiger partial charge in [0.25, 0.3) is 0 Å². The van der Waals surface area contributed by atoms with Gasteiger partial charge in [0.2, 0.25) is 11.9 Å². The topological polar surface area (TPSA) is 99.7 Å². The van der Waals surface area contributed by atoms with Crippen LogP contribution in [-0.2, 0) is 24.1 Å². The van der Waals surface area contributed by atoms with Crippen LogP contribution in [0.4, 0.5) is 22.0 Å². The molecule has 0 saturated heterocycles. The van der Waals surface area contributed by atoms with Gasteiger partial charge in [-0.15, -0.1) is 0 Å². The van der Waals surface area contributed by atoms with E-state index >= 15 is 0 Å². The van der Waals surface area contributed by atoms with E-state index in [4.69, 9.17) is 9.97 Å². The second-order valence-electron chi connectivity index (χ2n) is 8.80. The lowest BCUT2D eigenvalue weighted by atomic mass is 10.1. The largest absolute Gasteiger partial charge is 0.323 e. The highest BCUT2D eigenvalue weighted by Gasteiger charge is 2.31. The second kappa shape index (κ2) is 8.73. The van der Waals surface area contributed by atoms with Crippen molar-refractivity contribution in [2.45, 2.75) is 51.5 Å². The van der Waals surface area contributed by atoms with Crippen molar-refractivity contribution in [1.29, 1.82) is 0 Å². The summed E-state index contributed by atoms with van der Waals surface area (Å²) in [7, 11) is 0. The van der Waals surface area contributed by atoms with E-state index in [1.54, 1.807) is 6.07 Å². The number of nitrogens with zero attached hydrogens (tertiary/aromatic N) is 5. The van der Waals surface area contributed by atoms with Crippen LogP contribution >= 0.6 is 0 Å². The van der Waals surface area contributed by atoms with E-state index in [1.165, 1.54) is 12.3 Å². The maximum Gasteiger partial charge on any atom is 0.228 e. The zero-order valence-electron chi connectivity index (χ0n) is 18.7. The fraction of sp³-hybridized carbons (Fsp3) is 0.375. The Labute approximate surface area is 191 Å². The third kappa shape index (κ3) is 4.35. The average molecular weight is 448 g/mol. The molecule has 1 aliphatic carbocycles. The number of anilines is 3. The zero-order valence-corrected chi connectivity index (χ0v) is 18.7. The number of nitrogens with one attached hydrogen (secondary N) is 2. The van der Waals surface area contributed by atoms with E-state index < -0.39 is 12.0 Å². The van der Waals surface area contributed by atoms with E-state index in [9.17, 15) is 9.18 Å². The van der Waals surface area contributed by atoms with Crippen molar-refractivity contribution in [1.82, 2.24) is 25.1 Å². The highest BCUT2D eigenvalue weighted by atomic mass is 19.1. The van der Waals surface area contributed by atoms with Gasteiger partial charge in [-0.05, 0) is 36.8 Å². The number of carbonyl (C=O) groups is 1. The fourth-order valence-electron chi connectivity index (χ4n) is 4.29. The van der Waals surface area contributed by atoms with Gasteiger partial charge in [-0.25, -0.2) is 9.97 Å². The molecule has 4 heterocycles. The number of aryl methyl sites for hydroxylation is 1. The summed E-state index contributed by atoms with van der Waals surface area (Å²) in [5, 5.41) is 10.8. The molecule has 3 aromatic rings. The van der Waals surface area contributed by atoms with Crippen molar-refractivity contribution in [2.75, 3.05) is 16.8 Å². The summed E-state index contributed by atoms with van der Waals surface area (Å²) < 4.78 is 13.1. The maximum absolute atomic E-state index is 13.1. The first kappa shape index (κ1) is 21.2. The van der Waals surface area contributed by atoms with Crippen molar-refractivity contribution in [2.24, 2.45) is 0 Å². The monoisotopic (exact) mass is 447 g/mol. The van der Waals surface area contributed by atoms with Crippen LogP contribution in [0, 0.1) is 5.95 Å². The molecule has 5 rings (SSSR count). The standard InChI is InChI=1S/C24H26FN7O/c1-14(2)18-12-22(31-30-18)28-23-16-5-3-6-17(16)27-24(29-23)32-10-4-7-19(32)20(33)11-15-8-9-21(25)26-13-15/h4,7-9,12-14,19H,3,5-6,10-11H2,1-2H3,(H2,27,28,29,30,31)/t19-/m0/s1. The fourth-order valence-corrected chi connectivity index (χ4v) is 4.29. The Hall–Kier alpha value is -3.62. The second-order valence-corrected chi connectivity index (χ2v) is 8.80. The molecule has 33 heavy (non-hydrogen) atoms. The molecule has 1 atom stereocenters. The predicted octanol–water partition coefficient (Wildman–Crippen LogP) is 3.65. The van der Waals surface area contributed by atoms with Crippen LogP contribution in [0.1, 0.15) is 48.7 Å². The van der Waals surface area contributed by atoms with Crippen LogP contribution in [0.15, 0.2) is 36.5 Å². The zero-order chi connectivity index (χ0) is 22.9. The lowest BCUT2D eigenvalue weighted by molar-refractivity contribution is -0.118. The minimum Gasteiger partial charge on any atom is -0.323 e. The Morgan fingerprint density at radius 3 is 2.94 bits per heavy atom. The van der Waals surface area contributed by atoms with Crippen LogP contribution in [-0.4, -0.2) is 43.5 Å². The highest BCUT2D eigenvalue weighted by Crippen LogP contribution is 2.32. The molecule has 0 spiro atoms. The van der Waals surface area contributed by atoms with Crippen LogP contribution < -0.4 is 10.2 Å². The van der Waals surface area contributed by atoms with Crippen molar-refractivity contribution in [3.63, 3.8) is 0 Å². The molecular weight excluding hydrogens is 421 g/mol. The van der Waals surface area contributed by atoms with Gasteiger partial charge in [-0.3, -0.25) is 9.89 Å². The number of hydrogen-bond donors (Lipinski definition) is 2. The summed E-state index contributed by atoms with van der Waals surface area (Å²) in [6.07, 6.45) is 8.23. The molecule has 0 fully saturated rings. The molecule has 0 amide bonds. The van der Waals surface area contributed by atoms with Crippen LogP contribution in [0.5, 0.6) is 0 Å². The molecule has 170 valence electrons. The van der Waals surface area contributed by atoms with Gasteiger partial charge in [0.1, 0.15) is 11.9 Å². The quantitative estimate of drug-likeness (QED) is 0.421. The maximum atomic E-state index is 13.1. The summed E-state index contributed by atoms with van der Waals surface area (Å²) in [5.74, 6) is 1.77. The Bertz CT molecular complexity index is 1200. The van der Waals surface area contributed by atoms with Crippen molar-refractivity contribution < 1.29 is 9.18 Å². The number of hydrogen-bond acceptors (Lipinski definition) is 7. The molecule has 3 aromatic heterocycles. The first-order valence-corrected chi connectivity index (χ1v) is 11.3. The summed E-state index contributed by atoms with van der Waals surface area (Å²) in [5.41, 5.74) is 3.86. The highest BCUT2D eigenvalue weighted by molar-refractivity contribution is 5.91. The van der Waals surface area contributed by atoms with Gasteiger partial charge < -0.3 is 10.2 Å². The normalized spacial score (nSPS) is 17.1. The number of carbonyl (C=O) groups excluding carboxylic acids is 1. The van der Waals surface area contributed by atoms with Crippen molar-refractivity contribution in [3.8, 4) is 0 Å². The number of aromatic amines is 1. The van der Waals surface area contributed by atoms with Crippen LogP contribution in [0.25, 0.3) is 0 Å². The van der Waals surface area contributed by atoms with Crippen molar-refractivity contribution in [3.05, 3.63) is 65.0 Å². The van der Waals surface area contributed by atoms with Gasteiger partial charge in [0.05, 0.1) is 5.69 Å². The number of H-pyrrole nitrogens is 1. The van der Waals surface area contributed by atoms with E-state index in [2.05, 4.69) is 34.3 Å². The third-order valence-corrected chi connectivity index (χ3v) is 6.10. The Balaban J connectivity index is 1.40. The first-order valence-electron chi connectivity index (χ1n) is 11.3. The Morgan fingerprint density at radius 2 is 2.18 bits per heavy atom. The summed E-state index contributed by atoms with van der Waals surface area (Å²) in [6.45, 7) is 4.77. The number of ketones is 1. The van der Waals surface area contributed by atoms with Gasteiger partial charge >= 0.3 is 0 Å². The molecule has 9 heteroatoms. The smallest absolute Gasteiger partial charge is 0.228 e. The van der Waals surface area contributed by atoms with Crippen LogP contribution in [0.3, 0.4) is 0 Å². The van der Waals surface area contributed by atoms with E-state index in [1.807, 2.05) is 23.1 Å². The number of pyridine rings is 1. The summed E-state index contributed by atoms with van der Waals surface area (Å²) in [6, 6.07) is 4.38.